The van der Waals surface area contributed by atoms with Gasteiger partial charge in [0.15, 0.2) is 0 Å². The molecule has 2 aliphatic heterocycles. The van der Waals surface area contributed by atoms with E-state index in [-0.39, 0.29) is 0 Å². The molecule has 2 fully saturated rings. The summed E-state index contributed by atoms with van der Waals surface area (Å²) >= 11 is 0. The van der Waals surface area contributed by atoms with E-state index in [1.807, 2.05) is 0 Å². The molecule has 0 radical (unpaired) electrons. The Morgan fingerprint density at radius 3 is 2.54 bits per heavy atom. The first-order valence-corrected chi connectivity index (χ1v) is 10.5. The van der Waals surface area contributed by atoms with Gasteiger partial charge in [0, 0.05) is 50.9 Å². The van der Waals surface area contributed by atoms with Gasteiger partial charge < -0.3 is 10.0 Å². The maximum absolute atomic E-state index is 9.61. The van der Waals surface area contributed by atoms with Crippen molar-refractivity contribution >= 4 is 0 Å². The summed E-state index contributed by atoms with van der Waals surface area (Å²) in [6, 6.07) is 10.7. The Labute approximate surface area is 159 Å². The van der Waals surface area contributed by atoms with Crippen molar-refractivity contribution in [3.63, 3.8) is 0 Å². The van der Waals surface area contributed by atoms with Crippen LogP contribution in [0, 0.1) is 6.92 Å². The Bertz CT molecular complexity index is 554. The molecular formula is C22H37N3O. The van der Waals surface area contributed by atoms with Crippen LogP contribution in [0.4, 0.5) is 0 Å². The largest absolute Gasteiger partial charge is 0.396 e. The smallest absolute Gasteiger partial charge is 0.0446 e. The maximum Gasteiger partial charge on any atom is 0.0446 e. The number of piperidine rings is 1. The van der Waals surface area contributed by atoms with E-state index in [1.165, 1.54) is 37.1 Å². The molecule has 0 saturated carbocycles. The van der Waals surface area contributed by atoms with Gasteiger partial charge in [-0.25, -0.2) is 0 Å². The third kappa shape index (κ3) is 5.07. The van der Waals surface area contributed by atoms with Crippen LogP contribution < -0.4 is 0 Å². The molecule has 2 heterocycles. The summed E-state index contributed by atoms with van der Waals surface area (Å²) in [7, 11) is 0. The number of piperazine rings is 1. The number of hydrogen-bond acceptors (Lipinski definition) is 4. The SMILES string of the molecule is Cc1cccc(CN2CCN(C3CCN(C(C)C)CC3)[C@H](CCO)C2)c1. The number of benzene rings is 1. The maximum atomic E-state index is 9.61. The van der Waals surface area contributed by atoms with Crippen molar-refractivity contribution in [3.05, 3.63) is 35.4 Å². The van der Waals surface area contributed by atoms with E-state index in [0.29, 0.717) is 24.7 Å². The van der Waals surface area contributed by atoms with Gasteiger partial charge in [-0.1, -0.05) is 29.8 Å². The van der Waals surface area contributed by atoms with Crippen LogP contribution in [0.3, 0.4) is 0 Å². The van der Waals surface area contributed by atoms with E-state index in [2.05, 4.69) is 59.7 Å². The second kappa shape index (κ2) is 9.32. The van der Waals surface area contributed by atoms with Gasteiger partial charge >= 0.3 is 0 Å². The van der Waals surface area contributed by atoms with Crippen LogP contribution in [-0.2, 0) is 6.54 Å². The van der Waals surface area contributed by atoms with Gasteiger partial charge in [-0.2, -0.15) is 0 Å². The average molecular weight is 360 g/mol. The molecule has 146 valence electrons. The lowest BCUT2D eigenvalue weighted by molar-refractivity contribution is -0.0000313. The molecule has 0 aliphatic carbocycles. The van der Waals surface area contributed by atoms with Crippen LogP contribution in [0.5, 0.6) is 0 Å². The molecule has 0 aromatic heterocycles. The highest BCUT2D eigenvalue weighted by atomic mass is 16.3. The van der Waals surface area contributed by atoms with E-state index in [9.17, 15) is 5.11 Å². The Morgan fingerprint density at radius 1 is 1.12 bits per heavy atom. The van der Waals surface area contributed by atoms with E-state index in [4.69, 9.17) is 0 Å². The molecule has 0 spiro atoms. The van der Waals surface area contributed by atoms with E-state index in [0.717, 1.165) is 32.6 Å². The average Bonchev–Trinajstić information content (AvgIpc) is 2.62. The van der Waals surface area contributed by atoms with Gasteiger partial charge in [-0.05, 0) is 58.7 Å². The highest BCUT2D eigenvalue weighted by Gasteiger charge is 2.33. The van der Waals surface area contributed by atoms with E-state index >= 15 is 0 Å². The fraction of sp³-hybridized carbons (Fsp3) is 0.727. The predicted octanol–water partition coefficient (Wildman–Crippen LogP) is 2.74. The van der Waals surface area contributed by atoms with Crippen molar-refractivity contribution < 1.29 is 5.11 Å². The zero-order valence-electron chi connectivity index (χ0n) is 16.9. The molecule has 4 heteroatoms. The minimum absolute atomic E-state index is 0.296. The van der Waals surface area contributed by atoms with Crippen molar-refractivity contribution in [1.29, 1.82) is 0 Å². The van der Waals surface area contributed by atoms with E-state index in [1.54, 1.807) is 0 Å². The van der Waals surface area contributed by atoms with Gasteiger partial charge in [0.05, 0.1) is 0 Å². The van der Waals surface area contributed by atoms with Gasteiger partial charge in [0.1, 0.15) is 0 Å². The van der Waals surface area contributed by atoms with Crippen LogP contribution in [0.1, 0.15) is 44.2 Å². The lowest BCUT2D eigenvalue weighted by Crippen LogP contribution is -2.58. The summed E-state index contributed by atoms with van der Waals surface area (Å²) in [6.45, 7) is 13.9. The number of aliphatic hydroxyl groups is 1. The highest BCUT2D eigenvalue weighted by Crippen LogP contribution is 2.25. The normalized spacial score (nSPS) is 24.4. The highest BCUT2D eigenvalue weighted by molar-refractivity contribution is 5.22. The summed E-state index contributed by atoms with van der Waals surface area (Å²) in [5.41, 5.74) is 2.75. The molecule has 0 bridgehead atoms. The quantitative estimate of drug-likeness (QED) is 0.846. The first kappa shape index (κ1) is 19.8. The van der Waals surface area contributed by atoms with Crippen LogP contribution in [0.25, 0.3) is 0 Å². The molecule has 2 aliphatic rings. The second-order valence-electron chi connectivity index (χ2n) is 8.49. The van der Waals surface area contributed by atoms with Gasteiger partial charge in [0.25, 0.3) is 0 Å². The van der Waals surface area contributed by atoms with Crippen molar-refractivity contribution in [1.82, 2.24) is 14.7 Å². The summed E-state index contributed by atoms with van der Waals surface area (Å²) in [6.07, 6.45) is 3.45. The van der Waals surface area contributed by atoms with Crippen molar-refractivity contribution in [2.24, 2.45) is 0 Å². The molecule has 0 amide bonds. The van der Waals surface area contributed by atoms with Gasteiger partial charge in [-0.3, -0.25) is 9.80 Å². The summed E-state index contributed by atoms with van der Waals surface area (Å²) in [5.74, 6) is 0. The summed E-state index contributed by atoms with van der Waals surface area (Å²) in [4.78, 5) is 7.90. The lowest BCUT2D eigenvalue weighted by atomic mass is 9.97. The van der Waals surface area contributed by atoms with Crippen LogP contribution in [-0.4, -0.2) is 77.3 Å². The molecular weight excluding hydrogens is 322 g/mol. The molecule has 3 rings (SSSR count). The Morgan fingerprint density at radius 2 is 1.88 bits per heavy atom. The monoisotopic (exact) mass is 359 g/mol. The minimum Gasteiger partial charge on any atom is -0.396 e. The van der Waals surface area contributed by atoms with Crippen LogP contribution in [0.2, 0.25) is 0 Å². The molecule has 4 nitrogen and oxygen atoms in total. The van der Waals surface area contributed by atoms with Crippen molar-refractivity contribution in [2.45, 2.75) is 64.7 Å². The van der Waals surface area contributed by atoms with Gasteiger partial charge in [0.2, 0.25) is 0 Å². The first-order chi connectivity index (χ1) is 12.6. The standard InChI is InChI=1S/C22H37N3O/c1-18(2)24-10-7-21(8-11-24)25-13-12-23(17-22(25)9-14-26)16-20-6-4-5-19(3)15-20/h4-6,15,18,21-22,26H,7-14,16-17H2,1-3H3/t22-/m1/s1. The lowest BCUT2D eigenvalue weighted by Gasteiger charge is -2.48. The number of aliphatic hydroxyl groups excluding tert-OH is 1. The molecule has 1 aromatic carbocycles. The minimum atomic E-state index is 0.296. The Kier molecular flexibility index (Phi) is 7.10. The Hall–Kier alpha value is -0.940. The zero-order valence-corrected chi connectivity index (χ0v) is 16.9. The Balaban J connectivity index is 1.58. The number of rotatable bonds is 6. The topological polar surface area (TPSA) is 30.0 Å². The molecule has 26 heavy (non-hydrogen) atoms. The van der Waals surface area contributed by atoms with Crippen molar-refractivity contribution in [2.75, 3.05) is 39.3 Å². The molecule has 1 atom stereocenters. The van der Waals surface area contributed by atoms with Crippen LogP contribution in [0.15, 0.2) is 24.3 Å². The fourth-order valence-electron chi connectivity index (χ4n) is 4.77. The summed E-state index contributed by atoms with van der Waals surface area (Å²) in [5, 5.41) is 9.61. The zero-order chi connectivity index (χ0) is 18.5. The fourth-order valence-corrected chi connectivity index (χ4v) is 4.77. The molecule has 1 N–H and O–H groups in total. The summed E-state index contributed by atoms with van der Waals surface area (Å²) < 4.78 is 0. The second-order valence-corrected chi connectivity index (χ2v) is 8.49. The number of hydrogen-bond donors (Lipinski definition) is 1. The molecule has 1 aromatic rings. The third-order valence-corrected chi connectivity index (χ3v) is 6.26. The molecule has 0 unspecified atom stereocenters. The van der Waals surface area contributed by atoms with Gasteiger partial charge in [-0.15, -0.1) is 0 Å². The predicted molar refractivity (Wildman–Crippen MR) is 108 cm³/mol. The third-order valence-electron chi connectivity index (χ3n) is 6.26. The number of aryl methyl sites for hydroxylation is 1. The van der Waals surface area contributed by atoms with Crippen LogP contribution >= 0.6 is 0 Å². The first-order valence-electron chi connectivity index (χ1n) is 10.5. The molecule has 2 saturated heterocycles. The number of nitrogens with zero attached hydrogens (tertiary/aromatic N) is 3. The van der Waals surface area contributed by atoms with E-state index < -0.39 is 0 Å². The number of likely N-dealkylation sites (tertiary alicyclic amines) is 1. The van der Waals surface area contributed by atoms with Crippen molar-refractivity contribution in [3.8, 4) is 0 Å².